The quantitative estimate of drug-likeness (QED) is 0.452. The summed E-state index contributed by atoms with van der Waals surface area (Å²) in [5, 5.41) is 27.1. The second-order valence-corrected chi connectivity index (χ2v) is 4.43. The minimum absolute atomic E-state index is 0.156. The number of carbonyl (C=O) groups excluding carboxylic acids is 1. The molecule has 0 aliphatic heterocycles. The average Bonchev–Trinajstić information content (AvgIpc) is 2.76. The van der Waals surface area contributed by atoms with E-state index in [0.29, 0.717) is 0 Å². The van der Waals surface area contributed by atoms with E-state index in [1.807, 2.05) is 0 Å². The van der Waals surface area contributed by atoms with E-state index in [1.54, 1.807) is 0 Å². The minimum atomic E-state index is -1.66. The maximum absolute atomic E-state index is 11.7. The predicted octanol–water partition coefficient (Wildman–Crippen LogP) is -0.162. The second-order valence-electron chi connectivity index (χ2n) is 4.43. The Morgan fingerprint density at radius 2 is 1.50 bits per heavy atom. The van der Waals surface area contributed by atoms with E-state index in [1.165, 1.54) is 6.08 Å². The standard InChI is InChI=1S/C12H14O8/c1-2-3-20-12(19)6-4-5(9(13)14)7(10(15)16)8(6)11(17)18/h2,5-8H,1,3-4H2,(H,13,14)(H,15,16)(H,17,18). The number of carbonyl (C=O) groups is 4. The monoisotopic (exact) mass is 286 g/mol. The molecule has 1 fully saturated rings. The van der Waals surface area contributed by atoms with E-state index in [9.17, 15) is 19.2 Å². The van der Waals surface area contributed by atoms with Crippen LogP contribution in [0.5, 0.6) is 0 Å². The fourth-order valence-corrected chi connectivity index (χ4v) is 2.46. The molecule has 4 atom stereocenters. The summed E-state index contributed by atoms with van der Waals surface area (Å²) < 4.78 is 4.71. The van der Waals surface area contributed by atoms with Gasteiger partial charge < -0.3 is 20.1 Å². The maximum Gasteiger partial charge on any atom is 0.310 e. The van der Waals surface area contributed by atoms with E-state index in [4.69, 9.17) is 20.1 Å². The Bertz CT molecular complexity index is 454. The third kappa shape index (κ3) is 2.95. The highest BCUT2D eigenvalue weighted by molar-refractivity contribution is 5.91. The Hall–Kier alpha value is -2.38. The molecule has 0 saturated heterocycles. The lowest BCUT2D eigenvalue weighted by molar-refractivity contribution is -0.161. The van der Waals surface area contributed by atoms with Crippen LogP contribution in [0.1, 0.15) is 6.42 Å². The van der Waals surface area contributed by atoms with Crippen LogP contribution < -0.4 is 0 Å². The predicted molar refractivity (Wildman–Crippen MR) is 62.6 cm³/mol. The number of carboxylic acid groups (broad SMARTS) is 3. The van der Waals surface area contributed by atoms with E-state index >= 15 is 0 Å². The number of hydrogen-bond acceptors (Lipinski definition) is 5. The number of carboxylic acids is 3. The fourth-order valence-electron chi connectivity index (χ4n) is 2.46. The summed E-state index contributed by atoms with van der Waals surface area (Å²) in [7, 11) is 0. The summed E-state index contributed by atoms with van der Waals surface area (Å²) in [5.74, 6) is -11.5. The van der Waals surface area contributed by atoms with Gasteiger partial charge in [-0.05, 0) is 6.42 Å². The van der Waals surface area contributed by atoms with Crippen LogP contribution in [0.3, 0.4) is 0 Å². The number of esters is 1. The Labute approximate surface area is 113 Å². The smallest absolute Gasteiger partial charge is 0.310 e. The molecule has 8 heteroatoms. The fraction of sp³-hybridized carbons (Fsp3) is 0.500. The van der Waals surface area contributed by atoms with E-state index in [2.05, 4.69) is 6.58 Å². The highest BCUT2D eigenvalue weighted by Gasteiger charge is 2.56. The van der Waals surface area contributed by atoms with Gasteiger partial charge in [0.2, 0.25) is 0 Å². The zero-order valence-electron chi connectivity index (χ0n) is 10.4. The molecule has 1 aliphatic rings. The lowest BCUT2D eigenvalue weighted by Gasteiger charge is -2.17. The molecule has 0 aromatic carbocycles. The lowest BCUT2D eigenvalue weighted by atomic mass is 9.87. The molecule has 20 heavy (non-hydrogen) atoms. The van der Waals surface area contributed by atoms with Gasteiger partial charge in [-0.2, -0.15) is 0 Å². The molecule has 110 valence electrons. The molecule has 0 amide bonds. The van der Waals surface area contributed by atoms with Gasteiger partial charge in [0.05, 0.1) is 23.7 Å². The first-order valence-electron chi connectivity index (χ1n) is 5.77. The van der Waals surface area contributed by atoms with Gasteiger partial charge in [0.1, 0.15) is 6.61 Å². The zero-order chi connectivity index (χ0) is 15.4. The van der Waals surface area contributed by atoms with Crippen molar-refractivity contribution in [1.29, 1.82) is 0 Å². The normalized spacial score (nSPS) is 28.6. The molecule has 0 bridgehead atoms. The van der Waals surface area contributed by atoms with E-state index in [0.717, 1.165) is 0 Å². The molecule has 1 saturated carbocycles. The van der Waals surface area contributed by atoms with Crippen molar-refractivity contribution in [2.75, 3.05) is 6.61 Å². The van der Waals surface area contributed by atoms with Gasteiger partial charge in [-0.3, -0.25) is 19.2 Å². The first-order valence-corrected chi connectivity index (χ1v) is 5.77. The molecule has 0 aromatic rings. The highest BCUT2D eigenvalue weighted by atomic mass is 16.5. The summed E-state index contributed by atoms with van der Waals surface area (Å²) in [6.07, 6.45) is 0.894. The van der Waals surface area contributed by atoms with Crippen molar-refractivity contribution in [2.45, 2.75) is 6.42 Å². The SMILES string of the molecule is C=CCOC(=O)C1CC(C(=O)O)C(C(=O)O)C1C(=O)O. The summed E-state index contributed by atoms with van der Waals surface area (Å²) in [6, 6.07) is 0. The van der Waals surface area contributed by atoms with E-state index in [-0.39, 0.29) is 13.0 Å². The zero-order valence-corrected chi connectivity index (χ0v) is 10.4. The van der Waals surface area contributed by atoms with E-state index < -0.39 is 47.5 Å². The van der Waals surface area contributed by atoms with Crippen LogP contribution in [0.4, 0.5) is 0 Å². The molecule has 1 rings (SSSR count). The average molecular weight is 286 g/mol. The largest absolute Gasteiger partial charge is 0.481 e. The van der Waals surface area contributed by atoms with Crippen LogP contribution >= 0.6 is 0 Å². The molecule has 0 radical (unpaired) electrons. The number of ether oxygens (including phenoxy) is 1. The van der Waals surface area contributed by atoms with Crippen molar-refractivity contribution < 1.29 is 39.2 Å². The molecule has 1 aliphatic carbocycles. The van der Waals surface area contributed by atoms with Crippen LogP contribution in [0.15, 0.2) is 12.7 Å². The molecule has 0 aromatic heterocycles. The van der Waals surface area contributed by atoms with Gasteiger partial charge in [0.25, 0.3) is 0 Å². The number of aliphatic carboxylic acids is 3. The van der Waals surface area contributed by atoms with Crippen molar-refractivity contribution in [1.82, 2.24) is 0 Å². The van der Waals surface area contributed by atoms with Gasteiger partial charge in [-0.25, -0.2) is 0 Å². The first-order chi connectivity index (χ1) is 9.31. The first kappa shape index (κ1) is 15.7. The maximum atomic E-state index is 11.7. The molecule has 0 heterocycles. The second kappa shape index (κ2) is 6.18. The van der Waals surface area contributed by atoms with Crippen molar-refractivity contribution in [3.63, 3.8) is 0 Å². The molecule has 4 unspecified atom stereocenters. The lowest BCUT2D eigenvalue weighted by Crippen LogP contribution is -2.36. The Morgan fingerprint density at radius 1 is 1.00 bits per heavy atom. The topological polar surface area (TPSA) is 138 Å². The molecule has 3 N–H and O–H groups in total. The van der Waals surface area contributed by atoms with Gasteiger partial charge in [0, 0.05) is 0 Å². The summed E-state index contributed by atoms with van der Waals surface area (Å²) in [5.41, 5.74) is 0. The van der Waals surface area contributed by atoms with Crippen LogP contribution in [-0.4, -0.2) is 45.8 Å². The molecular weight excluding hydrogens is 272 g/mol. The van der Waals surface area contributed by atoms with Gasteiger partial charge in [-0.15, -0.1) is 0 Å². The van der Waals surface area contributed by atoms with Crippen LogP contribution in [-0.2, 0) is 23.9 Å². The van der Waals surface area contributed by atoms with Crippen LogP contribution in [0, 0.1) is 23.7 Å². The minimum Gasteiger partial charge on any atom is -0.481 e. The van der Waals surface area contributed by atoms with Crippen molar-refractivity contribution >= 4 is 23.9 Å². The van der Waals surface area contributed by atoms with Gasteiger partial charge in [0.15, 0.2) is 0 Å². The molecular formula is C12H14O8. The van der Waals surface area contributed by atoms with Crippen molar-refractivity contribution in [3.05, 3.63) is 12.7 Å². The highest BCUT2D eigenvalue weighted by Crippen LogP contribution is 2.43. The van der Waals surface area contributed by atoms with Gasteiger partial charge in [-0.1, -0.05) is 12.7 Å². The summed E-state index contributed by atoms with van der Waals surface area (Å²) in [6.45, 7) is 3.16. The van der Waals surface area contributed by atoms with Gasteiger partial charge >= 0.3 is 23.9 Å². The molecule has 8 nitrogen and oxygen atoms in total. The van der Waals surface area contributed by atoms with Crippen molar-refractivity contribution in [3.8, 4) is 0 Å². The van der Waals surface area contributed by atoms with Crippen LogP contribution in [0.2, 0.25) is 0 Å². The third-order valence-electron chi connectivity index (χ3n) is 3.30. The molecule has 0 spiro atoms. The Morgan fingerprint density at radius 3 is 1.90 bits per heavy atom. The Balaban J connectivity index is 3.08. The third-order valence-corrected chi connectivity index (χ3v) is 3.30. The summed E-state index contributed by atoms with van der Waals surface area (Å²) >= 11 is 0. The Kier molecular flexibility index (Phi) is 4.84. The summed E-state index contributed by atoms with van der Waals surface area (Å²) in [4.78, 5) is 45.1. The van der Waals surface area contributed by atoms with Crippen molar-refractivity contribution in [2.24, 2.45) is 23.7 Å². The number of rotatable bonds is 6. The van der Waals surface area contributed by atoms with Crippen LogP contribution in [0.25, 0.3) is 0 Å². The number of hydrogen-bond donors (Lipinski definition) is 3.